The molecule has 3 fully saturated rings. The number of likely N-dealkylation sites (tertiary alicyclic amines) is 1. The van der Waals surface area contributed by atoms with Crippen molar-refractivity contribution in [3.63, 3.8) is 0 Å². The highest BCUT2D eigenvalue weighted by atomic mass is 32.2. The molecule has 3 saturated heterocycles. The number of urea groups is 1. The normalized spacial score (nSPS) is 27.1. The number of hydrogen-bond acceptors (Lipinski definition) is 5. The van der Waals surface area contributed by atoms with E-state index in [1.54, 1.807) is 12.4 Å². The lowest BCUT2D eigenvalue weighted by Crippen LogP contribution is -2.58. The summed E-state index contributed by atoms with van der Waals surface area (Å²) in [6.07, 6.45) is 7.08. The average molecular weight is 451 g/mol. The first kappa shape index (κ1) is 21.5. The second-order valence-electron chi connectivity index (χ2n) is 9.14. The van der Waals surface area contributed by atoms with Gasteiger partial charge in [-0.3, -0.25) is 19.6 Å². The molecule has 2 atom stereocenters. The van der Waals surface area contributed by atoms with Crippen molar-refractivity contribution in [2.24, 2.45) is 5.92 Å². The number of imide groups is 1. The predicted molar refractivity (Wildman–Crippen MR) is 126 cm³/mol. The van der Waals surface area contributed by atoms with E-state index in [1.807, 2.05) is 42.1 Å². The lowest BCUT2D eigenvalue weighted by molar-refractivity contribution is -0.134. The maximum Gasteiger partial charge on any atom is 0.325 e. The molecule has 2 aromatic rings. The number of carbonyl (C=O) groups is 2. The zero-order valence-electron chi connectivity index (χ0n) is 18.3. The van der Waals surface area contributed by atoms with Gasteiger partial charge in [0.1, 0.15) is 5.54 Å². The third-order valence-corrected chi connectivity index (χ3v) is 8.38. The summed E-state index contributed by atoms with van der Waals surface area (Å²) in [6.45, 7) is 2.25. The molecule has 0 aliphatic carbocycles. The summed E-state index contributed by atoms with van der Waals surface area (Å²) in [6, 6.07) is 14.2. The summed E-state index contributed by atoms with van der Waals surface area (Å²) in [4.78, 5) is 35.1. The SMILES string of the molecule is O=C1N[C@@](Cc2ccccc2)(C2CCN([C@H]3CCSC3)CC2)C(=O)N1Cc1cccnc1. The number of nitrogens with zero attached hydrogens (tertiary/aromatic N) is 3. The molecule has 0 unspecified atom stereocenters. The molecule has 1 N–H and O–H groups in total. The number of rotatable bonds is 6. The maximum absolute atomic E-state index is 13.9. The minimum Gasteiger partial charge on any atom is -0.322 e. The Hall–Kier alpha value is -2.38. The fourth-order valence-electron chi connectivity index (χ4n) is 5.49. The molecule has 5 rings (SSSR count). The molecule has 3 aliphatic rings. The summed E-state index contributed by atoms with van der Waals surface area (Å²) < 4.78 is 0. The number of hydrogen-bond donors (Lipinski definition) is 1. The van der Waals surface area contributed by atoms with E-state index in [0.717, 1.165) is 37.1 Å². The van der Waals surface area contributed by atoms with Crippen LogP contribution < -0.4 is 5.32 Å². The van der Waals surface area contributed by atoms with Crippen LogP contribution in [-0.4, -0.2) is 62.9 Å². The number of nitrogens with one attached hydrogen (secondary N) is 1. The topological polar surface area (TPSA) is 65.5 Å². The van der Waals surface area contributed by atoms with Crippen molar-refractivity contribution >= 4 is 23.7 Å². The van der Waals surface area contributed by atoms with Gasteiger partial charge >= 0.3 is 6.03 Å². The van der Waals surface area contributed by atoms with Crippen LogP contribution in [0.3, 0.4) is 0 Å². The van der Waals surface area contributed by atoms with E-state index < -0.39 is 5.54 Å². The lowest BCUT2D eigenvalue weighted by atomic mass is 9.73. The van der Waals surface area contributed by atoms with Crippen molar-refractivity contribution in [2.75, 3.05) is 24.6 Å². The van der Waals surface area contributed by atoms with Gasteiger partial charge in [-0.05, 0) is 61.2 Å². The minimum atomic E-state index is -0.878. The van der Waals surface area contributed by atoms with E-state index >= 15 is 0 Å². The Morgan fingerprint density at radius 2 is 1.81 bits per heavy atom. The van der Waals surface area contributed by atoms with Crippen LogP contribution in [0.1, 0.15) is 30.4 Å². The van der Waals surface area contributed by atoms with Crippen LogP contribution in [0.15, 0.2) is 54.9 Å². The molecule has 4 heterocycles. The monoisotopic (exact) mass is 450 g/mol. The molecular weight excluding hydrogens is 420 g/mol. The van der Waals surface area contributed by atoms with Gasteiger partial charge in [0.15, 0.2) is 0 Å². The van der Waals surface area contributed by atoms with Crippen molar-refractivity contribution < 1.29 is 9.59 Å². The second-order valence-corrected chi connectivity index (χ2v) is 10.3. The van der Waals surface area contributed by atoms with Crippen LogP contribution in [0.5, 0.6) is 0 Å². The molecular formula is C25H30N4O2S. The predicted octanol–water partition coefficient (Wildman–Crippen LogP) is 3.33. The minimum absolute atomic E-state index is 0.0925. The van der Waals surface area contributed by atoms with Crippen molar-refractivity contribution in [1.29, 1.82) is 0 Å². The summed E-state index contributed by atoms with van der Waals surface area (Å²) in [7, 11) is 0. The highest BCUT2D eigenvalue weighted by Crippen LogP contribution is 2.38. The first-order chi connectivity index (χ1) is 15.7. The Morgan fingerprint density at radius 1 is 1.03 bits per heavy atom. The number of amides is 3. The smallest absolute Gasteiger partial charge is 0.322 e. The number of thioether (sulfide) groups is 1. The molecule has 1 aromatic carbocycles. The van der Waals surface area contributed by atoms with Gasteiger partial charge in [0.05, 0.1) is 6.54 Å². The van der Waals surface area contributed by atoms with Crippen LogP contribution in [0.25, 0.3) is 0 Å². The highest BCUT2D eigenvalue weighted by Gasteiger charge is 2.56. The Balaban J connectivity index is 1.39. The first-order valence-corrected chi connectivity index (χ1v) is 12.7. The van der Waals surface area contributed by atoms with E-state index in [4.69, 9.17) is 0 Å². The third kappa shape index (κ3) is 4.16. The lowest BCUT2D eigenvalue weighted by Gasteiger charge is -2.42. The number of aromatic nitrogens is 1. The first-order valence-electron chi connectivity index (χ1n) is 11.5. The zero-order valence-corrected chi connectivity index (χ0v) is 19.1. The highest BCUT2D eigenvalue weighted by molar-refractivity contribution is 7.99. The quantitative estimate of drug-likeness (QED) is 0.684. The number of carbonyl (C=O) groups excluding carboxylic acids is 2. The van der Waals surface area contributed by atoms with E-state index in [1.165, 1.54) is 22.8 Å². The molecule has 32 heavy (non-hydrogen) atoms. The Bertz CT molecular complexity index is 943. The van der Waals surface area contributed by atoms with Gasteiger partial charge in [0.25, 0.3) is 5.91 Å². The summed E-state index contributed by atoms with van der Waals surface area (Å²) >= 11 is 2.04. The summed E-state index contributed by atoms with van der Waals surface area (Å²) in [5.74, 6) is 2.50. The van der Waals surface area contributed by atoms with Gasteiger partial charge in [0.2, 0.25) is 0 Å². The van der Waals surface area contributed by atoms with Gasteiger partial charge in [0, 0.05) is 30.6 Å². The molecule has 0 saturated carbocycles. The van der Waals surface area contributed by atoms with Crippen LogP contribution in [-0.2, 0) is 17.8 Å². The Morgan fingerprint density at radius 3 is 2.50 bits per heavy atom. The molecule has 6 nitrogen and oxygen atoms in total. The van der Waals surface area contributed by atoms with Crippen molar-refractivity contribution in [1.82, 2.24) is 20.1 Å². The van der Waals surface area contributed by atoms with Gasteiger partial charge in [-0.1, -0.05) is 36.4 Å². The van der Waals surface area contributed by atoms with Gasteiger partial charge in [-0.15, -0.1) is 0 Å². The number of pyridine rings is 1. The molecule has 0 radical (unpaired) electrons. The largest absolute Gasteiger partial charge is 0.325 e. The molecule has 1 aromatic heterocycles. The van der Waals surface area contributed by atoms with E-state index in [2.05, 4.69) is 27.3 Å². The molecule has 168 valence electrons. The molecule has 3 aliphatic heterocycles. The van der Waals surface area contributed by atoms with E-state index in [9.17, 15) is 9.59 Å². The van der Waals surface area contributed by atoms with Crippen LogP contribution in [0.2, 0.25) is 0 Å². The number of piperidine rings is 1. The van der Waals surface area contributed by atoms with Crippen molar-refractivity contribution in [2.45, 2.75) is 43.8 Å². The standard InChI is InChI=1S/C25H30N4O2S/c30-23-25(15-19-5-2-1-3-6-19,21-8-12-28(13-9-21)22-10-14-32-18-22)27-24(31)29(23)17-20-7-4-11-26-16-20/h1-7,11,16,21-22H,8-10,12-15,17-18H2,(H,27,31)/t22-,25-/m0/s1. The maximum atomic E-state index is 13.9. The number of benzene rings is 1. The molecule has 7 heteroatoms. The van der Waals surface area contributed by atoms with Crippen molar-refractivity contribution in [3.05, 3.63) is 66.0 Å². The van der Waals surface area contributed by atoms with Gasteiger partial charge in [-0.2, -0.15) is 11.8 Å². The second kappa shape index (κ2) is 9.24. The fraction of sp³-hybridized carbons (Fsp3) is 0.480. The third-order valence-electron chi connectivity index (χ3n) is 7.24. The van der Waals surface area contributed by atoms with Crippen LogP contribution in [0, 0.1) is 5.92 Å². The molecule has 0 spiro atoms. The van der Waals surface area contributed by atoms with Gasteiger partial charge in [-0.25, -0.2) is 4.79 Å². The Kier molecular flexibility index (Phi) is 6.20. The average Bonchev–Trinajstić information content (AvgIpc) is 3.45. The molecule has 3 amide bonds. The summed E-state index contributed by atoms with van der Waals surface area (Å²) in [5, 5.41) is 3.18. The van der Waals surface area contributed by atoms with E-state index in [0.29, 0.717) is 12.5 Å². The fourth-order valence-corrected chi connectivity index (χ4v) is 6.74. The van der Waals surface area contributed by atoms with Crippen LogP contribution in [0.4, 0.5) is 4.79 Å². The molecule has 0 bridgehead atoms. The van der Waals surface area contributed by atoms with Crippen LogP contribution >= 0.6 is 11.8 Å². The van der Waals surface area contributed by atoms with Crippen molar-refractivity contribution in [3.8, 4) is 0 Å². The van der Waals surface area contributed by atoms with Gasteiger partial charge < -0.3 is 5.32 Å². The Labute approximate surface area is 193 Å². The van der Waals surface area contributed by atoms with E-state index in [-0.39, 0.29) is 24.4 Å². The summed E-state index contributed by atoms with van der Waals surface area (Å²) in [5.41, 5.74) is 1.07. The zero-order chi connectivity index (χ0) is 22.0.